The van der Waals surface area contributed by atoms with Gasteiger partial charge in [-0.2, -0.15) is 5.10 Å². The summed E-state index contributed by atoms with van der Waals surface area (Å²) in [6.07, 6.45) is 4.41. The Bertz CT molecular complexity index is 1280. The Balaban J connectivity index is 1.35. The standard InChI is InChI=1S/C23H24N6O3/c1-15(29-22(32)17-7-4-3-6-16(17)14-25-29)21(31)28-12-9-23(10-13-28)26-20(30)18-8-5-11-24-19(18)27(23)2/h3-8,11,14-15H,9-10,12-13H2,1-2H3,(H,26,30)/t15-/m0/s1. The smallest absolute Gasteiger partial charge is 0.275 e. The Labute approximate surface area is 184 Å². The highest BCUT2D eigenvalue weighted by molar-refractivity contribution is 6.01. The van der Waals surface area contributed by atoms with Gasteiger partial charge >= 0.3 is 0 Å². The van der Waals surface area contributed by atoms with E-state index in [1.165, 1.54) is 4.68 Å². The number of hydrogen-bond acceptors (Lipinski definition) is 6. The Morgan fingerprint density at radius 1 is 1.12 bits per heavy atom. The molecule has 1 spiro atoms. The van der Waals surface area contributed by atoms with Gasteiger partial charge in [-0.1, -0.05) is 18.2 Å². The summed E-state index contributed by atoms with van der Waals surface area (Å²) in [6.45, 7) is 2.61. The van der Waals surface area contributed by atoms with Crippen molar-refractivity contribution >= 4 is 28.4 Å². The molecule has 0 radical (unpaired) electrons. The Morgan fingerprint density at radius 3 is 2.66 bits per heavy atom. The molecule has 1 N–H and O–H groups in total. The number of anilines is 1. The third-order valence-electron chi connectivity index (χ3n) is 6.68. The summed E-state index contributed by atoms with van der Waals surface area (Å²) in [4.78, 5) is 46.9. The first kappa shape index (κ1) is 20.2. The maximum absolute atomic E-state index is 13.2. The number of carbonyl (C=O) groups excluding carboxylic acids is 2. The Hall–Kier alpha value is -3.75. The van der Waals surface area contributed by atoms with Crippen molar-refractivity contribution in [1.29, 1.82) is 0 Å². The summed E-state index contributed by atoms with van der Waals surface area (Å²) in [6, 6.07) is 10.00. The number of aromatic nitrogens is 3. The van der Waals surface area contributed by atoms with Crippen molar-refractivity contribution in [2.75, 3.05) is 25.0 Å². The first-order valence-electron chi connectivity index (χ1n) is 10.7. The fourth-order valence-corrected chi connectivity index (χ4v) is 4.71. The number of piperidine rings is 1. The van der Waals surface area contributed by atoms with Gasteiger partial charge in [0.15, 0.2) is 0 Å². The van der Waals surface area contributed by atoms with Gasteiger partial charge < -0.3 is 15.1 Å². The second kappa shape index (κ2) is 7.44. The zero-order chi connectivity index (χ0) is 22.5. The van der Waals surface area contributed by atoms with Crippen LogP contribution in [0.5, 0.6) is 0 Å². The first-order chi connectivity index (χ1) is 15.4. The van der Waals surface area contributed by atoms with E-state index in [1.807, 2.05) is 24.1 Å². The molecule has 1 aromatic carbocycles. The summed E-state index contributed by atoms with van der Waals surface area (Å²) in [5.41, 5.74) is -0.315. The highest BCUT2D eigenvalue weighted by Gasteiger charge is 2.45. The van der Waals surface area contributed by atoms with Crippen molar-refractivity contribution in [3.63, 3.8) is 0 Å². The van der Waals surface area contributed by atoms with E-state index in [1.54, 1.807) is 48.5 Å². The van der Waals surface area contributed by atoms with Gasteiger partial charge in [0.25, 0.3) is 11.5 Å². The second-order valence-corrected chi connectivity index (χ2v) is 8.40. The normalized spacial score (nSPS) is 18.4. The fourth-order valence-electron chi connectivity index (χ4n) is 4.71. The molecule has 4 heterocycles. The first-order valence-corrected chi connectivity index (χ1v) is 10.7. The van der Waals surface area contributed by atoms with Gasteiger partial charge in [0.2, 0.25) is 5.91 Å². The third kappa shape index (κ3) is 3.04. The van der Waals surface area contributed by atoms with Crippen molar-refractivity contribution in [3.8, 4) is 0 Å². The highest BCUT2D eigenvalue weighted by atomic mass is 16.2. The second-order valence-electron chi connectivity index (χ2n) is 8.40. The van der Waals surface area contributed by atoms with E-state index >= 15 is 0 Å². The molecule has 164 valence electrons. The highest BCUT2D eigenvalue weighted by Crippen LogP contribution is 2.35. The molecule has 2 aromatic heterocycles. The van der Waals surface area contributed by atoms with Crippen molar-refractivity contribution in [2.45, 2.75) is 31.5 Å². The number of nitrogens with one attached hydrogen (secondary N) is 1. The van der Waals surface area contributed by atoms with Crippen molar-refractivity contribution in [3.05, 3.63) is 64.7 Å². The minimum atomic E-state index is -0.720. The van der Waals surface area contributed by atoms with Crippen LogP contribution in [0.25, 0.3) is 10.8 Å². The van der Waals surface area contributed by atoms with Crippen LogP contribution >= 0.6 is 0 Å². The van der Waals surface area contributed by atoms with E-state index in [9.17, 15) is 14.4 Å². The van der Waals surface area contributed by atoms with Gasteiger partial charge in [0.1, 0.15) is 17.5 Å². The third-order valence-corrected chi connectivity index (χ3v) is 6.68. The topological polar surface area (TPSA) is 100 Å². The summed E-state index contributed by atoms with van der Waals surface area (Å²) < 4.78 is 1.25. The summed E-state index contributed by atoms with van der Waals surface area (Å²) in [5, 5.41) is 8.65. The van der Waals surface area contributed by atoms with Gasteiger partial charge in [-0.15, -0.1) is 0 Å². The summed E-state index contributed by atoms with van der Waals surface area (Å²) in [5.74, 6) is 0.343. The molecule has 3 aromatic rings. The zero-order valence-corrected chi connectivity index (χ0v) is 18.0. The minimum absolute atomic E-state index is 0.147. The van der Waals surface area contributed by atoms with Crippen LogP contribution in [-0.4, -0.2) is 57.3 Å². The lowest BCUT2D eigenvalue weighted by Gasteiger charge is -2.50. The van der Waals surface area contributed by atoms with Crippen LogP contribution in [0.15, 0.2) is 53.6 Å². The molecule has 1 saturated heterocycles. The molecule has 2 aliphatic heterocycles. The lowest BCUT2D eigenvalue weighted by atomic mass is 9.91. The van der Waals surface area contributed by atoms with Crippen LogP contribution in [0.1, 0.15) is 36.2 Å². The minimum Gasteiger partial charge on any atom is -0.341 e. The number of amides is 2. The summed E-state index contributed by atoms with van der Waals surface area (Å²) >= 11 is 0. The quantitative estimate of drug-likeness (QED) is 0.660. The van der Waals surface area contributed by atoms with E-state index in [4.69, 9.17) is 0 Å². The lowest BCUT2D eigenvalue weighted by molar-refractivity contribution is -0.136. The van der Waals surface area contributed by atoms with Crippen molar-refractivity contribution in [1.82, 2.24) is 25.0 Å². The Morgan fingerprint density at radius 2 is 1.88 bits per heavy atom. The van der Waals surface area contributed by atoms with Crippen LogP contribution in [-0.2, 0) is 4.79 Å². The van der Waals surface area contributed by atoms with E-state index < -0.39 is 11.7 Å². The van der Waals surface area contributed by atoms with Gasteiger partial charge in [-0.3, -0.25) is 14.4 Å². The SMILES string of the molecule is C[C@@H](C(=O)N1CCC2(CC1)NC(=O)c1cccnc1N2C)n1ncc2ccccc2c1=O. The van der Waals surface area contributed by atoms with Crippen LogP contribution in [0.2, 0.25) is 0 Å². The number of hydrogen-bond donors (Lipinski definition) is 1. The number of fused-ring (bicyclic) bond motifs is 2. The van der Waals surface area contributed by atoms with Crippen LogP contribution in [0.3, 0.4) is 0 Å². The molecule has 9 heteroatoms. The van der Waals surface area contributed by atoms with E-state index in [0.717, 1.165) is 5.39 Å². The molecule has 1 atom stereocenters. The molecule has 32 heavy (non-hydrogen) atoms. The number of carbonyl (C=O) groups is 2. The molecule has 0 bridgehead atoms. The molecule has 9 nitrogen and oxygen atoms in total. The largest absolute Gasteiger partial charge is 0.341 e. The lowest BCUT2D eigenvalue weighted by Crippen LogP contribution is -2.67. The van der Waals surface area contributed by atoms with Crippen LogP contribution in [0.4, 0.5) is 5.82 Å². The summed E-state index contributed by atoms with van der Waals surface area (Å²) in [7, 11) is 1.92. The molecular formula is C23H24N6O3. The Kier molecular flexibility index (Phi) is 4.69. The molecular weight excluding hydrogens is 408 g/mol. The monoisotopic (exact) mass is 432 g/mol. The van der Waals surface area contributed by atoms with Crippen LogP contribution in [0, 0.1) is 0 Å². The van der Waals surface area contributed by atoms with Gasteiger partial charge in [0, 0.05) is 44.6 Å². The molecule has 2 aliphatic rings. The zero-order valence-electron chi connectivity index (χ0n) is 18.0. The van der Waals surface area contributed by atoms with Gasteiger partial charge in [-0.05, 0) is 25.1 Å². The molecule has 0 aliphatic carbocycles. The maximum atomic E-state index is 13.2. The maximum Gasteiger partial charge on any atom is 0.275 e. The number of benzene rings is 1. The molecule has 0 saturated carbocycles. The van der Waals surface area contributed by atoms with Crippen molar-refractivity contribution < 1.29 is 9.59 Å². The molecule has 2 amide bonds. The average Bonchev–Trinajstić information content (AvgIpc) is 2.83. The van der Waals surface area contributed by atoms with E-state index in [-0.39, 0.29) is 17.4 Å². The van der Waals surface area contributed by atoms with Crippen molar-refractivity contribution in [2.24, 2.45) is 0 Å². The number of likely N-dealkylation sites (tertiary alicyclic amines) is 1. The number of pyridine rings is 1. The van der Waals surface area contributed by atoms with E-state index in [2.05, 4.69) is 15.4 Å². The van der Waals surface area contributed by atoms with Gasteiger partial charge in [0.05, 0.1) is 17.1 Å². The molecule has 1 fully saturated rings. The number of rotatable bonds is 2. The van der Waals surface area contributed by atoms with Crippen LogP contribution < -0.4 is 15.8 Å². The molecule has 5 rings (SSSR count). The predicted octanol–water partition coefficient (Wildman–Crippen LogP) is 1.55. The predicted molar refractivity (Wildman–Crippen MR) is 119 cm³/mol. The average molecular weight is 432 g/mol. The van der Waals surface area contributed by atoms with Gasteiger partial charge in [-0.25, -0.2) is 9.67 Å². The number of nitrogens with zero attached hydrogens (tertiary/aromatic N) is 5. The molecule has 0 unspecified atom stereocenters. The fraction of sp³-hybridized carbons (Fsp3) is 0.348. The van der Waals surface area contributed by atoms with E-state index in [0.29, 0.717) is 42.7 Å².